The maximum atomic E-state index is 12.7. The second-order valence-corrected chi connectivity index (χ2v) is 8.19. The van der Waals surface area contributed by atoms with E-state index in [1.807, 2.05) is 53.1 Å². The Bertz CT molecular complexity index is 1010. The molecule has 0 saturated carbocycles. The Kier molecular flexibility index (Phi) is 5.59. The van der Waals surface area contributed by atoms with Gasteiger partial charge in [0.2, 0.25) is 0 Å². The highest BCUT2D eigenvalue weighted by molar-refractivity contribution is 7.16. The van der Waals surface area contributed by atoms with E-state index in [0.717, 1.165) is 54.0 Å². The van der Waals surface area contributed by atoms with Gasteiger partial charge in [-0.2, -0.15) is 0 Å². The summed E-state index contributed by atoms with van der Waals surface area (Å²) in [5.74, 6) is 1.07. The number of aromatic nitrogens is 1. The zero-order valence-corrected chi connectivity index (χ0v) is 16.8. The van der Waals surface area contributed by atoms with E-state index in [-0.39, 0.29) is 16.6 Å². The minimum absolute atomic E-state index is 0.0781. The molecule has 0 bridgehead atoms. The predicted octanol–water partition coefficient (Wildman–Crippen LogP) is 3.67. The molecule has 2 aromatic carbocycles. The summed E-state index contributed by atoms with van der Waals surface area (Å²) in [6.07, 6.45) is 1.73. The van der Waals surface area contributed by atoms with Crippen LogP contribution in [0.2, 0.25) is 0 Å². The van der Waals surface area contributed by atoms with Crippen LogP contribution >= 0.6 is 11.3 Å². The number of carbonyl (C=O) groups excluding carboxylic acids is 1. The molecule has 4 rings (SSSR count). The van der Waals surface area contributed by atoms with Gasteiger partial charge in [-0.3, -0.25) is 14.2 Å². The molecule has 0 amide bonds. The number of hydrogen-bond donors (Lipinski definition) is 0. The lowest BCUT2D eigenvalue weighted by molar-refractivity contribution is 0.0837. The molecule has 0 radical (unpaired) electrons. The number of ether oxygens (including phenoxy) is 1. The van der Waals surface area contributed by atoms with Crippen LogP contribution in [0.4, 0.5) is 0 Å². The van der Waals surface area contributed by atoms with Gasteiger partial charge in [-0.05, 0) is 62.3 Å². The fourth-order valence-electron chi connectivity index (χ4n) is 3.88. The minimum atomic E-state index is 0.0781. The third-order valence-electron chi connectivity index (χ3n) is 5.55. The Morgan fingerprint density at radius 3 is 2.50 bits per heavy atom. The van der Waals surface area contributed by atoms with Gasteiger partial charge in [0.1, 0.15) is 5.75 Å². The van der Waals surface area contributed by atoms with Gasteiger partial charge in [-0.15, -0.1) is 0 Å². The van der Waals surface area contributed by atoms with E-state index in [1.54, 1.807) is 7.11 Å². The molecule has 1 aliphatic heterocycles. The third kappa shape index (κ3) is 3.88. The largest absolute Gasteiger partial charge is 0.497 e. The zero-order valence-electron chi connectivity index (χ0n) is 16.0. The SMILES string of the molecule is COc1ccc(C(=O)C2CCN(CCn3c(=O)sc4ccccc43)CC2)cc1. The highest BCUT2D eigenvalue weighted by Gasteiger charge is 2.25. The Morgan fingerprint density at radius 2 is 1.79 bits per heavy atom. The van der Waals surface area contributed by atoms with Crippen LogP contribution in [0.3, 0.4) is 0 Å². The van der Waals surface area contributed by atoms with Crippen LogP contribution in [0.5, 0.6) is 5.75 Å². The van der Waals surface area contributed by atoms with Crippen LogP contribution in [-0.4, -0.2) is 42.0 Å². The Balaban J connectivity index is 1.33. The van der Waals surface area contributed by atoms with Crippen molar-refractivity contribution in [1.82, 2.24) is 9.47 Å². The van der Waals surface area contributed by atoms with E-state index >= 15 is 0 Å². The van der Waals surface area contributed by atoms with E-state index in [2.05, 4.69) is 4.90 Å². The smallest absolute Gasteiger partial charge is 0.308 e. The number of hydrogen-bond acceptors (Lipinski definition) is 5. The summed E-state index contributed by atoms with van der Waals surface area (Å²) in [7, 11) is 1.62. The first-order chi connectivity index (χ1) is 13.7. The molecule has 0 unspecified atom stereocenters. The van der Waals surface area contributed by atoms with Crippen LogP contribution in [0, 0.1) is 5.92 Å². The summed E-state index contributed by atoms with van der Waals surface area (Å²) in [5.41, 5.74) is 1.78. The van der Waals surface area contributed by atoms with Crippen molar-refractivity contribution < 1.29 is 9.53 Å². The van der Waals surface area contributed by atoms with E-state index in [9.17, 15) is 9.59 Å². The van der Waals surface area contributed by atoms with Crippen molar-refractivity contribution in [3.63, 3.8) is 0 Å². The summed E-state index contributed by atoms with van der Waals surface area (Å²) in [6, 6.07) is 15.3. The average Bonchev–Trinajstić information content (AvgIpc) is 3.07. The van der Waals surface area contributed by atoms with Crippen LogP contribution < -0.4 is 9.61 Å². The molecule has 3 aromatic rings. The molecular weight excluding hydrogens is 372 g/mol. The number of piperidine rings is 1. The van der Waals surface area contributed by atoms with Gasteiger partial charge in [0, 0.05) is 24.6 Å². The fraction of sp³-hybridized carbons (Fsp3) is 0.364. The fourth-order valence-corrected chi connectivity index (χ4v) is 4.79. The van der Waals surface area contributed by atoms with Gasteiger partial charge >= 0.3 is 4.87 Å². The number of thiazole rings is 1. The topological polar surface area (TPSA) is 51.5 Å². The van der Waals surface area contributed by atoms with Gasteiger partial charge < -0.3 is 9.64 Å². The average molecular weight is 397 g/mol. The Morgan fingerprint density at radius 1 is 1.07 bits per heavy atom. The number of Topliss-reactive ketones (excluding diaryl/α,β-unsaturated/α-hetero) is 1. The molecule has 5 nitrogen and oxygen atoms in total. The third-order valence-corrected chi connectivity index (χ3v) is 6.51. The molecule has 1 aromatic heterocycles. The molecule has 0 atom stereocenters. The lowest BCUT2D eigenvalue weighted by atomic mass is 9.89. The summed E-state index contributed by atoms with van der Waals surface area (Å²) in [5, 5.41) is 0. The number of nitrogens with zero attached hydrogens (tertiary/aromatic N) is 2. The first-order valence-corrected chi connectivity index (χ1v) is 10.5. The second-order valence-electron chi connectivity index (χ2n) is 7.20. The molecule has 0 spiro atoms. The quantitative estimate of drug-likeness (QED) is 0.597. The van der Waals surface area contributed by atoms with E-state index in [0.29, 0.717) is 6.54 Å². The number of fused-ring (bicyclic) bond motifs is 1. The normalized spacial score (nSPS) is 15.8. The van der Waals surface area contributed by atoms with Crippen LogP contribution in [0.25, 0.3) is 10.2 Å². The summed E-state index contributed by atoms with van der Waals surface area (Å²) in [4.78, 5) is 27.5. The number of para-hydroxylation sites is 1. The summed E-state index contributed by atoms with van der Waals surface area (Å²) in [6.45, 7) is 3.32. The lowest BCUT2D eigenvalue weighted by Gasteiger charge is -2.31. The number of rotatable bonds is 6. The van der Waals surface area contributed by atoms with Gasteiger partial charge in [-0.1, -0.05) is 23.5 Å². The number of benzene rings is 2. The van der Waals surface area contributed by atoms with E-state index in [1.165, 1.54) is 11.3 Å². The molecule has 0 N–H and O–H groups in total. The molecule has 0 aliphatic carbocycles. The first kappa shape index (κ1) is 18.9. The molecule has 1 fully saturated rings. The number of likely N-dealkylation sites (tertiary alicyclic amines) is 1. The van der Waals surface area contributed by atoms with E-state index < -0.39 is 0 Å². The maximum absolute atomic E-state index is 12.7. The van der Waals surface area contributed by atoms with Crippen molar-refractivity contribution in [1.29, 1.82) is 0 Å². The minimum Gasteiger partial charge on any atom is -0.497 e. The number of carbonyl (C=O) groups is 1. The molecule has 28 heavy (non-hydrogen) atoms. The first-order valence-electron chi connectivity index (χ1n) is 9.64. The summed E-state index contributed by atoms with van der Waals surface area (Å²) < 4.78 is 8.07. The van der Waals surface area contributed by atoms with Crippen LogP contribution in [0.1, 0.15) is 23.2 Å². The van der Waals surface area contributed by atoms with Crippen LogP contribution in [-0.2, 0) is 6.54 Å². The monoisotopic (exact) mass is 396 g/mol. The van der Waals surface area contributed by atoms with Gasteiger partial charge in [0.15, 0.2) is 5.78 Å². The lowest BCUT2D eigenvalue weighted by Crippen LogP contribution is -2.38. The molecule has 1 aliphatic rings. The predicted molar refractivity (Wildman–Crippen MR) is 113 cm³/mol. The molecule has 6 heteroatoms. The van der Waals surface area contributed by atoms with Crippen molar-refractivity contribution in [3.8, 4) is 5.75 Å². The van der Waals surface area contributed by atoms with Gasteiger partial charge in [0.05, 0.1) is 17.3 Å². The van der Waals surface area contributed by atoms with E-state index in [4.69, 9.17) is 4.74 Å². The van der Waals surface area contributed by atoms with Crippen molar-refractivity contribution >= 4 is 27.3 Å². The molecular formula is C22H24N2O3S. The highest BCUT2D eigenvalue weighted by Crippen LogP contribution is 2.23. The van der Waals surface area contributed by atoms with Gasteiger partial charge in [0.25, 0.3) is 0 Å². The van der Waals surface area contributed by atoms with Crippen molar-refractivity contribution in [2.45, 2.75) is 19.4 Å². The molecule has 146 valence electrons. The standard InChI is InChI=1S/C22H24N2O3S/c1-27-18-8-6-16(7-9-18)21(25)17-10-12-23(13-11-17)14-15-24-19-4-2-3-5-20(19)28-22(24)26/h2-9,17H,10-15H2,1H3. The molecule has 1 saturated heterocycles. The molecule has 2 heterocycles. The maximum Gasteiger partial charge on any atom is 0.308 e. The Labute approximate surface area is 168 Å². The number of ketones is 1. The summed E-state index contributed by atoms with van der Waals surface area (Å²) >= 11 is 1.31. The van der Waals surface area contributed by atoms with Crippen molar-refractivity contribution in [2.24, 2.45) is 5.92 Å². The Hall–Kier alpha value is -2.44. The second kappa shape index (κ2) is 8.29. The van der Waals surface area contributed by atoms with Gasteiger partial charge in [-0.25, -0.2) is 0 Å². The highest BCUT2D eigenvalue weighted by atomic mass is 32.1. The zero-order chi connectivity index (χ0) is 19.5. The van der Waals surface area contributed by atoms with Crippen molar-refractivity contribution in [2.75, 3.05) is 26.7 Å². The van der Waals surface area contributed by atoms with Crippen LogP contribution in [0.15, 0.2) is 53.3 Å². The van der Waals surface area contributed by atoms with Crippen molar-refractivity contribution in [3.05, 3.63) is 63.8 Å². The number of methoxy groups -OCH3 is 1.